The molecular formula is C54H42N2. The van der Waals surface area contributed by atoms with Gasteiger partial charge in [-0.3, -0.25) is 0 Å². The van der Waals surface area contributed by atoms with Crippen molar-refractivity contribution in [3.8, 4) is 50.2 Å². The van der Waals surface area contributed by atoms with Crippen LogP contribution in [0.25, 0.3) is 67.2 Å². The van der Waals surface area contributed by atoms with Gasteiger partial charge in [0.15, 0.2) is 0 Å². The first-order valence-corrected chi connectivity index (χ1v) is 20.1. The summed E-state index contributed by atoms with van der Waals surface area (Å²) < 4.78 is 2.47. The fourth-order valence-electron chi connectivity index (χ4n) is 9.59. The van der Waals surface area contributed by atoms with Gasteiger partial charge in [-0.05, 0) is 130 Å². The second kappa shape index (κ2) is 13.6. The molecule has 2 unspecified atom stereocenters. The summed E-state index contributed by atoms with van der Waals surface area (Å²) in [5, 5.41) is 1.33. The molecule has 0 bridgehead atoms. The van der Waals surface area contributed by atoms with E-state index in [1.807, 2.05) is 0 Å². The molecule has 7 aromatic rings. The minimum Gasteiger partial charge on any atom is -0.337 e. The average Bonchev–Trinajstić information content (AvgIpc) is 3.80. The Bertz CT molecular complexity index is 2790. The molecule has 6 aromatic carbocycles. The lowest BCUT2D eigenvalue weighted by Crippen LogP contribution is -2.32. The monoisotopic (exact) mass is 718 g/mol. The van der Waals surface area contributed by atoms with E-state index in [4.69, 9.17) is 0 Å². The average molecular weight is 719 g/mol. The van der Waals surface area contributed by atoms with Gasteiger partial charge in [0.25, 0.3) is 0 Å². The fourth-order valence-corrected chi connectivity index (χ4v) is 9.59. The third-order valence-corrected chi connectivity index (χ3v) is 12.3. The molecule has 0 saturated heterocycles. The number of para-hydroxylation sites is 1. The first kappa shape index (κ1) is 32.8. The predicted octanol–water partition coefficient (Wildman–Crippen LogP) is 13.8. The van der Waals surface area contributed by atoms with Crippen LogP contribution in [0.5, 0.6) is 0 Å². The lowest BCUT2D eigenvalue weighted by molar-refractivity contribution is 0.681. The normalized spacial score (nSPS) is 18.0. The Morgan fingerprint density at radius 2 is 1.05 bits per heavy atom. The van der Waals surface area contributed by atoms with E-state index in [9.17, 15) is 0 Å². The zero-order valence-corrected chi connectivity index (χ0v) is 31.4. The van der Waals surface area contributed by atoms with E-state index in [-0.39, 0.29) is 0 Å². The van der Waals surface area contributed by atoms with Gasteiger partial charge >= 0.3 is 0 Å². The molecule has 0 amide bonds. The molecule has 2 atom stereocenters. The molecule has 0 saturated carbocycles. The molecule has 4 aliphatic rings. The fraction of sp³-hybridized carbons (Fsp3) is 0.111. The Kier molecular flexibility index (Phi) is 7.95. The van der Waals surface area contributed by atoms with Gasteiger partial charge in [0.05, 0.1) is 11.6 Å². The van der Waals surface area contributed by atoms with Gasteiger partial charge in [0.1, 0.15) is 0 Å². The topological polar surface area (TPSA) is 8.17 Å². The van der Waals surface area contributed by atoms with Crippen molar-refractivity contribution in [1.82, 2.24) is 4.57 Å². The second-order valence-corrected chi connectivity index (χ2v) is 15.5. The largest absolute Gasteiger partial charge is 0.337 e. The number of nitrogens with zero attached hydrogens (tertiary/aromatic N) is 2. The maximum atomic E-state index is 2.58. The molecule has 11 rings (SSSR count). The van der Waals surface area contributed by atoms with E-state index < -0.39 is 0 Å². The summed E-state index contributed by atoms with van der Waals surface area (Å²) >= 11 is 0. The Morgan fingerprint density at radius 3 is 1.86 bits per heavy atom. The lowest BCUT2D eigenvalue weighted by atomic mass is 9.88. The standard InChI is InChI=1S/C54H42N2/c1-2-13-37(14-3-1)42-34-43(39-27-31-46(32-28-39)56-53-23-10-6-19-49(53)50-20-7-11-24-54(50)56)36-44(35-42)41-16-12-15-40(33-41)38-25-29-45(30-26-38)55-51-21-8-4-17-47(51)48-18-5-9-22-52(48)55/h1-8,10,12-21,23,25-36,47,51H,9,11,22,24H2. The summed E-state index contributed by atoms with van der Waals surface area (Å²) in [5.74, 6) is 0.431. The Balaban J connectivity index is 0.943. The van der Waals surface area contributed by atoms with Gasteiger partial charge in [0.2, 0.25) is 0 Å². The quantitative estimate of drug-likeness (QED) is 0.166. The zero-order valence-electron chi connectivity index (χ0n) is 31.4. The van der Waals surface area contributed by atoms with Crippen molar-refractivity contribution < 1.29 is 0 Å². The van der Waals surface area contributed by atoms with Crippen LogP contribution in [-0.2, 0) is 6.42 Å². The van der Waals surface area contributed by atoms with E-state index in [1.165, 1.54) is 89.3 Å². The third-order valence-electron chi connectivity index (χ3n) is 12.3. The maximum absolute atomic E-state index is 2.58. The molecule has 3 aliphatic carbocycles. The molecule has 1 aliphatic heterocycles. The number of aromatic nitrogens is 1. The number of hydrogen-bond donors (Lipinski definition) is 0. The highest BCUT2D eigenvalue weighted by atomic mass is 15.2. The molecule has 0 spiro atoms. The van der Waals surface area contributed by atoms with E-state index in [0.29, 0.717) is 12.0 Å². The molecule has 0 radical (unpaired) electrons. The first-order valence-electron chi connectivity index (χ1n) is 20.1. The van der Waals surface area contributed by atoms with E-state index >= 15 is 0 Å². The summed E-state index contributed by atoms with van der Waals surface area (Å²) in [4.78, 5) is 2.58. The van der Waals surface area contributed by atoms with Gasteiger partial charge in [-0.25, -0.2) is 0 Å². The number of fused-ring (bicyclic) bond motifs is 5. The summed E-state index contributed by atoms with van der Waals surface area (Å²) in [7, 11) is 0. The van der Waals surface area contributed by atoms with E-state index in [2.05, 4.69) is 204 Å². The Hall–Kier alpha value is -6.64. The van der Waals surface area contributed by atoms with Crippen molar-refractivity contribution in [3.63, 3.8) is 0 Å². The van der Waals surface area contributed by atoms with E-state index in [0.717, 1.165) is 25.7 Å². The van der Waals surface area contributed by atoms with Gasteiger partial charge in [-0.2, -0.15) is 0 Å². The third kappa shape index (κ3) is 5.56. The predicted molar refractivity (Wildman–Crippen MR) is 236 cm³/mol. The van der Waals surface area contributed by atoms with Gasteiger partial charge in [0, 0.05) is 39.6 Å². The Morgan fingerprint density at radius 1 is 0.464 bits per heavy atom. The van der Waals surface area contributed by atoms with Crippen molar-refractivity contribution in [2.24, 2.45) is 5.92 Å². The lowest BCUT2D eigenvalue weighted by Gasteiger charge is -2.31. The summed E-state index contributed by atoms with van der Waals surface area (Å²) in [6.07, 6.45) is 22.8. The highest BCUT2D eigenvalue weighted by molar-refractivity contribution is 5.93. The second-order valence-electron chi connectivity index (χ2n) is 15.5. The van der Waals surface area contributed by atoms with Gasteiger partial charge < -0.3 is 9.47 Å². The molecule has 2 heteroatoms. The number of benzene rings is 6. The van der Waals surface area contributed by atoms with Crippen molar-refractivity contribution in [2.45, 2.75) is 31.7 Å². The van der Waals surface area contributed by atoms with Crippen LogP contribution < -0.4 is 4.90 Å². The van der Waals surface area contributed by atoms with Crippen LogP contribution in [0.3, 0.4) is 0 Å². The summed E-state index contributed by atoms with van der Waals surface area (Å²) in [6, 6.07) is 54.5. The first-order chi connectivity index (χ1) is 27.8. The van der Waals surface area contributed by atoms with Crippen LogP contribution in [0.1, 0.15) is 30.5 Å². The van der Waals surface area contributed by atoms with Crippen molar-refractivity contribution in [1.29, 1.82) is 0 Å². The smallest absolute Gasteiger partial charge is 0.0626 e. The van der Waals surface area contributed by atoms with E-state index in [1.54, 1.807) is 0 Å². The van der Waals surface area contributed by atoms with Crippen molar-refractivity contribution in [3.05, 3.63) is 211 Å². The van der Waals surface area contributed by atoms with Crippen LogP contribution in [0.4, 0.5) is 5.69 Å². The molecular weight excluding hydrogens is 677 g/mol. The molecule has 268 valence electrons. The SMILES string of the molecule is C1=CC2C3=C(CCC=C3)N(c3ccc(-c4cccc(-c5cc(-c6ccccc6)cc(-c6ccc(-n7c8c(c9ccccc97)C=CCC8)cc6)c5)c4)cc3)C2C=C1. The highest BCUT2D eigenvalue weighted by Crippen LogP contribution is 2.45. The molecule has 2 nitrogen and oxygen atoms in total. The minimum absolute atomic E-state index is 0.348. The molecule has 0 N–H and O–H groups in total. The van der Waals surface area contributed by atoms with Crippen LogP contribution in [0.15, 0.2) is 199 Å². The number of rotatable bonds is 6. The summed E-state index contributed by atoms with van der Waals surface area (Å²) in [5.41, 5.74) is 19.2. The van der Waals surface area contributed by atoms with Crippen LogP contribution in [-0.4, -0.2) is 10.6 Å². The molecule has 0 fully saturated rings. The van der Waals surface area contributed by atoms with Crippen LogP contribution >= 0.6 is 0 Å². The zero-order chi connectivity index (χ0) is 37.0. The number of hydrogen-bond acceptors (Lipinski definition) is 1. The summed E-state index contributed by atoms with van der Waals surface area (Å²) in [6.45, 7) is 0. The van der Waals surface area contributed by atoms with Gasteiger partial charge in [-0.15, -0.1) is 0 Å². The number of allylic oxidation sites excluding steroid dienone is 6. The molecule has 56 heavy (non-hydrogen) atoms. The molecule has 2 heterocycles. The van der Waals surface area contributed by atoms with Crippen LogP contribution in [0, 0.1) is 5.92 Å². The number of anilines is 1. The van der Waals surface area contributed by atoms with Crippen molar-refractivity contribution in [2.75, 3.05) is 4.90 Å². The Labute approximate surface area is 329 Å². The minimum atomic E-state index is 0.348. The van der Waals surface area contributed by atoms with Crippen LogP contribution in [0.2, 0.25) is 0 Å². The maximum Gasteiger partial charge on any atom is 0.0626 e. The highest BCUT2D eigenvalue weighted by Gasteiger charge is 2.38. The van der Waals surface area contributed by atoms with Gasteiger partial charge in [-0.1, -0.05) is 140 Å². The molecule has 1 aromatic heterocycles. The van der Waals surface area contributed by atoms with Crippen molar-refractivity contribution >= 4 is 22.7 Å².